The molecule has 1 aliphatic carbocycles. The SMILES string of the molecule is O=C(O)c1ccc2c(c1-c1ccccc1)Cc1ccccc1-2. The molecule has 0 heterocycles. The maximum Gasteiger partial charge on any atom is 0.336 e. The first kappa shape index (κ1) is 12.8. The largest absolute Gasteiger partial charge is 0.478 e. The maximum absolute atomic E-state index is 11.7. The maximum atomic E-state index is 11.7. The first-order valence-electron chi connectivity index (χ1n) is 7.28. The highest BCUT2D eigenvalue weighted by atomic mass is 16.4. The van der Waals surface area contributed by atoms with E-state index in [-0.39, 0.29) is 0 Å². The third-order valence-electron chi connectivity index (χ3n) is 4.28. The predicted octanol–water partition coefficient (Wildman–Crippen LogP) is 4.62. The van der Waals surface area contributed by atoms with Crippen LogP contribution in [0, 0.1) is 0 Å². The summed E-state index contributed by atoms with van der Waals surface area (Å²) in [5.74, 6) is -0.877. The molecule has 0 radical (unpaired) electrons. The third kappa shape index (κ3) is 1.85. The van der Waals surface area contributed by atoms with E-state index in [1.165, 1.54) is 11.1 Å². The van der Waals surface area contributed by atoms with Crippen molar-refractivity contribution in [2.45, 2.75) is 6.42 Å². The highest BCUT2D eigenvalue weighted by Crippen LogP contribution is 2.43. The van der Waals surface area contributed by atoms with Crippen molar-refractivity contribution in [1.29, 1.82) is 0 Å². The molecule has 0 fully saturated rings. The molecule has 4 rings (SSSR count). The second-order valence-corrected chi connectivity index (χ2v) is 5.52. The fraction of sp³-hybridized carbons (Fsp3) is 0.0500. The van der Waals surface area contributed by atoms with Crippen molar-refractivity contribution in [2.24, 2.45) is 0 Å². The van der Waals surface area contributed by atoms with Gasteiger partial charge in [0.15, 0.2) is 0 Å². The summed E-state index contributed by atoms with van der Waals surface area (Å²) in [7, 11) is 0. The molecule has 0 bridgehead atoms. The summed E-state index contributed by atoms with van der Waals surface area (Å²) in [5.41, 5.74) is 6.93. The summed E-state index contributed by atoms with van der Waals surface area (Å²) in [6.45, 7) is 0. The Morgan fingerprint density at radius 2 is 1.55 bits per heavy atom. The lowest BCUT2D eigenvalue weighted by atomic mass is 9.91. The lowest BCUT2D eigenvalue weighted by Crippen LogP contribution is -2.02. The first-order valence-corrected chi connectivity index (χ1v) is 7.28. The van der Waals surface area contributed by atoms with Gasteiger partial charge in [-0.2, -0.15) is 0 Å². The zero-order valence-electron chi connectivity index (χ0n) is 11.9. The van der Waals surface area contributed by atoms with Crippen LogP contribution < -0.4 is 0 Å². The van der Waals surface area contributed by atoms with Crippen LogP contribution in [0.15, 0.2) is 66.7 Å². The van der Waals surface area contributed by atoms with Gasteiger partial charge in [-0.05, 0) is 40.3 Å². The fourth-order valence-electron chi connectivity index (χ4n) is 3.32. The van der Waals surface area contributed by atoms with E-state index in [0.29, 0.717) is 5.56 Å². The van der Waals surface area contributed by atoms with E-state index < -0.39 is 5.97 Å². The van der Waals surface area contributed by atoms with Crippen LogP contribution in [-0.4, -0.2) is 11.1 Å². The molecule has 0 unspecified atom stereocenters. The fourth-order valence-corrected chi connectivity index (χ4v) is 3.32. The minimum Gasteiger partial charge on any atom is -0.478 e. The van der Waals surface area contributed by atoms with Crippen molar-refractivity contribution in [3.63, 3.8) is 0 Å². The van der Waals surface area contributed by atoms with Gasteiger partial charge in [0.2, 0.25) is 0 Å². The third-order valence-corrected chi connectivity index (χ3v) is 4.28. The zero-order valence-corrected chi connectivity index (χ0v) is 11.9. The van der Waals surface area contributed by atoms with E-state index in [9.17, 15) is 9.90 Å². The molecular weight excluding hydrogens is 272 g/mol. The molecule has 0 saturated heterocycles. The van der Waals surface area contributed by atoms with Crippen molar-refractivity contribution in [1.82, 2.24) is 0 Å². The molecule has 2 nitrogen and oxygen atoms in total. The van der Waals surface area contributed by atoms with Crippen molar-refractivity contribution < 1.29 is 9.90 Å². The minimum absolute atomic E-state index is 0.373. The Morgan fingerprint density at radius 1 is 0.818 bits per heavy atom. The zero-order chi connectivity index (χ0) is 15.1. The van der Waals surface area contributed by atoms with E-state index in [0.717, 1.165) is 28.7 Å². The van der Waals surface area contributed by atoms with Gasteiger partial charge in [0.1, 0.15) is 0 Å². The highest BCUT2D eigenvalue weighted by Gasteiger charge is 2.25. The molecule has 0 aromatic heterocycles. The number of carboxylic acids is 1. The second kappa shape index (κ2) is 4.85. The molecule has 2 heteroatoms. The summed E-state index contributed by atoms with van der Waals surface area (Å²) >= 11 is 0. The van der Waals surface area contributed by atoms with Crippen LogP contribution in [0.4, 0.5) is 0 Å². The van der Waals surface area contributed by atoms with E-state index in [1.54, 1.807) is 6.07 Å². The molecule has 106 valence electrons. The van der Waals surface area contributed by atoms with Gasteiger partial charge >= 0.3 is 5.97 Å². The number of hydrogen-bond donors (Lipinski definition) is 1. The summed E-state index contributed by atoms with van der Waals surface area (Å²) in [6, 6.07) is 21.7. The number of carboxylic acid groups (broad SMARTS) is 1. The van der Waals surface area contributed by atoms with Crippen molar-refractivity contribution in [3.05, 3.63) is 83.4 Å². The molecule has 1 aliphatic rings. The molecule has 0 atom stereocenters. The Kier molecular flexibility index (Phi) is 2.83. The van der Waals surface area contributed by atoms with Gasteiger partial charge in [-0.3, -0.25) is 0 Å². The van der Waals surface area contributed by atoms with Crippen LogP contribution in [-0.2, 0) is 6.42 Å². The summed E-state index contributed by atoms with van der Waals surface area (Å²) < 4.78 is 0. The molecule has 0 spiro atoms. The Labute approximate surface area is 128 Å². The van der Waals surface area contributed by atoms with Crippen molar-refractivity contribution in [3.8, 4) is 22.3 Å². The molecule has 0 saturated carbocycles. The number of hydrogen-bond acceptors (Lipinski definition) is 1. The Bertz CT molecular complexity index is 879. The lowest BCUT2D eigenvalue weighted by molar-refractivity contribution is 0.0697. The van der Waals surface area contributed by atoms with Gasteiger partial charge < -0.3 is 5.11 Å². The average Bonchev–Trinajstić information content (AvgIpc) is 2.93. The Morgan fingerprint density at radius 3 is 2.32 bits per heavy atom. The van der Waals surface area contributed by atoms with Crippen molar-refractivity contribution >= 4 is 5.97 Å². The summed E-state index contributed by atoms with van der Waals surface area (Å²) in [4.78, 5) is 11.7. The highest BCUT2D eigenvalue weighted by molar-refractivity contribution is 6.00. The topological polar surface area (TPSA) is 37.3 Å². The minimum atomic E-state index is -0.877. The van der Waals surface area contributed by atoms with Crippen LogP contribution in [0.3, 0.4) is 0 Å². The summed E-state index contributed by atoms with van der Waals surface area (Å²) in [6.07, 6.45) is 0.789. The lowest BCUT2D eigenvalue weighted by Gasteiger charge is -2.12. The number of carbonyl (C=O) groups is 1. The Hall–Kier alpha value is -2.87. The van der Waals surface area contributed by atoms with Crippen LogP contribution >= 0.6 is 0 Å². The quantitative estimate of drug-likeness (QED) is 0.583. The van der Waals surface area contributed by atoms with Gasteiger partial charge in [0.25, 0.3) is 0 Å². The van der Waals surface area contributed by atoms with E-state index >= 15 is 0 Å². The number of rotatable bonds is 2. The Balaban J connectivity index is 2.03. The monoisotopic (exact) mass is 286 g/mol. The molecular formula is C20H14O2. The molecule has 3 aromatic rings. The second-order valence-electron chi connectivity index (χ2n) is 5.52. The van der Waals surface area contributed by atoms with Crippen LogP contribution in [0.1, 0.15) is 21.5 Å². The molecule has 0 aliphatic heterocycles. The van der Waals surface area contributed by atoms with Crippen LogP contribution in [0.5, 0.6) is 0 Å². The van der Waals surface area contributed by atoms with Crippen molar-refractivity contribution in [2.75, 3.05) is 0 Å². The van der Waals surface area contributed by atoms with Gasteiger partial charge in [-0.25, -0.2) is 4.79 Å². The molecule has 3 aromatic carbocycles. The average molecular weight is 286 g/mol. The van der Waals surface area contributed by atoms with Gasteiger partial charge in [-0.15, -0.1) is 0 Å². The van der Waals surface area contributed by atoms with E-state index in [4.69, 9.17) is 0 Å². The van der Waals surface area contributed by atoms with Crippen LogP contribution in [0.25, 0.3) is 22.3 Å². The van der Waals surface area contributed by atoms with E-state index in [1.807, 2.05) is 48.5 Å². The molecule has 0 amide bonds. The van der Waals surface area contributed by atoms with Crippen LogP contribution in [0.2, 0.25) is 0 Å². The number of aromatic carboxylic acids is 1. The van der Waals surface area contributed by atoms with Gasteiger partial charge in [0, 0.05) is 5.56 Å². The smallest absolute Gasteiger partial charge is 0.336 e. The first-order chi connectivity index (χ1) is 10.8. The number of benzene rings is 3. The molecule has 22 heavy (non-hydrogen) atoms. The summed E-state index contributed by atoms with van der Waals surface area (Å²) in [5, 5.41) is 9.58. The van der Waals surface area contributed by atoms with Gasteiger partial charge in [0.05, 0.1) is 5.56 Å². The normalized spacial score (nSPS) is 11.8. The van der Waals surface area contributed by atoms with Gasteiger partial charge in [-0.1, -0.05) is 60.7 Å². The molecule has 1 N–H and O–H groups in total. The van der Waals surface area contributed by atoms with E-state index in [2.05, 4.69) is 12.1 Å². The standard InChI is InChI=1S/C20H14O2/c21-20(22)17-11-10-16-15-9-5-4-8-14(15)12-18(16)19(17)13-6-2-1-3-7-13/h1-11H,12H2,(H,21,22). The predicted molar refractivity (Wildman–Crippen MR) is 87.1 cm³/mol. The number of fused-ring (bicyclic) bond motifs is 3.